The molecular formula is C15H20N2O2. The molecule has 0 bridgehead atoms. The van der Waals surface area contributed by atoms with Crippen molar-refractivity contribution in [3.8, 4) is 0 Å². The van der Waals surface area contributed by atoms with Gasteiger partial charge in [0.2, 0.25) is 0 Å². The van der Waals surface area contributed by atoms with Gasteiger partial charge in [0, 0.05) is 13.5 Å². The Hall–Kier alpha value is -1.39. The molecular weight excluding hydrogens is 240 g/mol. The lowest BCUT2D eigenvalue weighted by Crippen LogP contribution is -2.41. The predicted molar refractivity (Wildman–Crippen MR) is 73.8 cm³/mol. The van der Waals surface area contributed by atoms with E-state index in [0.717, 1.165) is 29.7 Å². The number of fused-ring (bicyclic) bond motifs is 1. The first-order valence-electron chi connectivity index (χ1n) is 6.91. The third-order valence-electron chi connectivity index (χ3n) is 4.35. The maximum absolute atomic E-state index is 10.4. The van der Waals surface area contributed by atoms with Gasteiger partial charge in [-0.1, -0.05) is 25.0 Å². The molecule has 102 valence electrons. The lowest BCUT2D eigenvalue weighted by molar-refractivity contribution is -0.0698. The van der Waals surface area contributed by atoms with Crippen LogP contribution in [-0.4, -0.2) is 31.5 Å². The fourth-order valence-corrected chi connectivity index (χ4v) is 3.06. The molecule has 0 aliphatic heterocycles. The summed E-state index contributed by atoms with van der Waals surface area (Å²) in [7, 11) is 1.95. The highest BCUT2D eigenvalue weighted by molar-refractivity contribution is 5.75. The van der Waals surface area contributed by atoms with E-state index >= 15 is 0 Å². The van der Waals surface area contributed by atoms with Gasteiger partial charge >= 0.3 is 0 Å². The number of benzene rings is 1. The van der Waals surface area contributed by atoms with E-state index in [1.54, 1.807) is 0 Å². The summed E-state index contributed by atoms with van der Waals surface area (Å²) in [5.74, 6) is 0.828. The summed E-state index contributed by atoms with van der Waals surface area (Å²) in [4.78, 5) is 4.55. The number of aliphatic hydroxyl groups excluding tert-OH is 1. The lowest BCUT2D eigenvalue weighted by Gasteiger charge is -2.28. The molecule has 19 heavy (non-hydrogen) atoms. The predicted octanol–water partition coefficient (Wildman–Crippen LogP) is 1.78. The van der Waals surface area contributed by atoms with Gasteiger partial charge in [0.25, 0.3) is 0 Å². The standard InChI is InChI=1S/C15H20N2O2/c1-17-12-7-3-2-6-11(12)16-14(17)10-13(18)15(19)8-4-5-9-15/h2-3,6-7,13,18-19H,4-5,8-10H2,1H3. The van der Waals surface area contributed by atoms with Crippen LogP contribution in [-0.2, 0) is 13.5 Å². The van der Waals surface area contributed by atoms with Crippen LogP contribution >= 0.6 is 0 Å². The van der Waals surface area contributed by atoms with Crippen LogP contribution in [0.5, 0.6) is 0 Å². The van der Waals surface area contributed by atoms with Crippen LogP contribution in [0.25, 0.3) is 11.0 Å². The van der Waals surface area contributed by atoms with E-state index in [-0.39, 0.29) is 0 Å². The van der Waals surface area contributed by atoms with Crippen molar-refractivity contribution < 1.29 is 10.2 Å². The normalized spacial score (nSPS) is 19.9. The fraction of sp³-hybridized carbons (Fsp3) is 0.533. The number of hydrogen-bond donors (Lipinski definition) is 2. The van der Waals surface area contributed by atoms with E-state index in [4.69, 9.17) is 0 Å². The highest BCUT2D eigenvalue weighted by Crippen LogP contribution is 2.33. The van der Waals surface area contributed by atoms with Gasteiger partial charge in [-0.15, -0.1) is 0 Å². The third-order valence-corrected chi connectivity index (χ3v) is 4.35. The summed E-state index contributed by atoms with van der Waals surface area (Å²) in [6, 6.07) is 7.92. The zero-order chi connectivity index (χ0) is 13.5. The van der Waals surface area contributed by atoms with Crippen molar-refractivity contribution in [2.75, 3.05) is 0 Å². The van der Waals surface area contributed by atoms with Crippen molar-refractivity contribution >= 4 is 11.0 Å². The molecule has 1 aliphatic rings. The fourth-order valence-electron chi connectivity index (χ4n) is 3.06. The Labute approximate surface area is 112 Å². The quantitative estimate of drug-likeness (QED) is 0.884. The van der Waals surface area contributed by atoms with Crippen LogP contribution in [0.4, 0.5) is 0 Å². The molecule has 1 atom stereocenters. The summed E-state index contributed by atoms with van der Waals surface area (Å²) in [6.07, 6.45) is 3.05. The zero-order valence-corrected chi connectivity index (χ0v) is 11.2. The number of rotatable bonds is 3. The molecule has 0 saturated heterocycles. The van der Waals surface area contributed by atoms with Gasteiger partial charge < -0.3 is 14.8 Å². The second-order valence-corrected chi connectivity index (χ2v) is 5.61. The Morgan fingerprint density at radius 2 is 2.00 bits per heavy atom. The molecule has 1 aromatic heterocycles. The minimum Gasteiger partial charge on any atom is -0.390 e. The average molecular weight is 260 g/mol. The Kier molecular flexibility index (Phi) is 3.07. The number of aromatic nitrogens is 2. The third kappa shape index (κ3) is 2.15. The number of imidazole rings is 1. The molecule has 4 nitrogen and oxygen atoms in total. The minimum absolute atomic E-state index is 0.404. The van der Waals surface area contributed by atoms with Gasteiger partial charge in [0.05, 0.1) is 22.7 Å². The molecule has 0 amide bonds. The average Bonchev–Trinajstić information content (AvgIpc) is 2.97. The van der Waals surface area contributed by atoms with Crippen molar-refractivity contribution in [2.24, 2.45) is 7.05 Å². The van der Waals surface area contributed by atoms with Crippen LogP contribution in [0, 0.1) is 0 Å². The largest absolute Gasteiger partial charge is 0.390 e. The van der Waals surface area contributed by atoms with E-state index in [2.05, 4.69) is 4.98 Å². The number of aryl methyl sites for hydroxylation is 1. The van der Waals surface area contributed by atoms with Crippen molar-refractivity contribution in [3.63, 3.8) is 0 Å². The summed E-state index contributed by atoms with van der Waals surface area (Å²) < 4.78 is 2.00. The van der Waals surface area contributed by atoms with Gasteiger partial charge in [-0.3, -0.25) is 0 Å². The van der Waals surface area contributed by atoms with Gasteiger partial charge in [0.15, 0.2) is 0 Å². The van der Waals surface area contributed by atoms with Crippen molar-refractivity contribution in [1.29, 1.82) is 0 Å². The summed E-state index contributed by atoms with van der Waals surface area (Å²) >= 11 is 0. The summed E-state index contributed by atoms with van der Waals surface area (Å²) in [5, 5.41) is 20.7. The van der Waals surface area contributed by atoms with Crippen LogP contribution in [0.15, 0.2) is 24.3 Å². The Morgan fingerprint density at radius 1 is 1.32 bits per heavy atom. The van der Waals surface area contributed by atoms with E-state index in [1.165, 1.54) is 0 Å². The van der Waals surface area contributed by atoms with Gasteiger partial charge in [0.1, 0.15) is 5.82 Å². The highest BCUT2D eigenvalue weighted by atomic mass is 16.3. The second-order valence-electron chi connectivity index (χ2n) is 5.61. The molecule has 2 N–H and O–H groups in total. The molecule has 3 rings (SSSR count). The van der Waals surface area contributed by atoms with Crippen molar-refractivity contribution in [3.05, 3.63) is 30.1 Å². The van der Waals surface area contributed by atoms with Gasteiger partial charge in [-0.25, -0.2) is 4.98 Å². The molecule has 1 heterocycles. The summed E-state index contributed by atoms with van der Waals surface area (Å²) in [5.41, 5.74) is 1.08. The van der Waals surface area contributed by atoms with E-state index in [9.17, 15) is 10.2 Å². The van der Waals surface area contributed by atoms with E-state index in [1.807, 2.05) is 35.9 Å². The molecule has 1 unspecified atom stereocenters. The zero-order valence-electron chi connectivity index (χ0n) is 11.2. The lowest BCUT2D eigenvalue weighted by atomic mass is 9.92. The monoisotopic (exact) mass is 260 g/mol. The Bertz CT molecular complexity index is 585. The van der Waals surface area contributed by atoms with Crippen LogP contribution in [0.2, 0.25) is 0 Å². The summed E-state index contributed by atoms with van der Waals surface area (Å²) in [6.45, 7) is 0. The second kappa shape index (κ2) is 4.62. The number of aliphatic hydroxyl groups is 2. The smallest absolute Gasteiger partial charge is 0.112 e. The molecule has 1 aliphatic carbocycles. The first kappa shape index (κ1) is 12.6. The number of hydrogen-bond acceptors (Lipinski definition) is 3. The first-order chi connectivity index (χ1) is 9.10. The minimum atomic E-state index is -0.919. The molecule has 1 saturated carbocycles. The molecule has 0 radical (unpaired) electrons. The molecule has 0 spiro atoms. The molecule has 2 aromatic rings. The van der Waals surface area contributed by atoms with E-state index < -0.39 is 11.7 Å². The maximum Gasteiger partial charge on any atom is 0.112 e. The van der Waals surface area contributed by atoms with Gasteiger partial charge in [-0.05, 0) is 25.0 Å². The van der Waals surface area contributed by atoms with Gasteiger partial charge in [-0.2, -0.15) is 0 Å². The number of para-hydroxylation sites is 2. The first-order valence-corrected chi connectivity index (χ1v) is 6.91. The van der Waals surface area contributed by atoms with Crippen molar-refractivity contribution in [1.82, 2.24) is 9.55 Å². The van der Waals surface area contributed by atoms with Crippen LogP contribution in [0.1, 0.15) is 31.5 Å². The Balaban J connectivity index is 1.87. The molecule has 4 heteroatoms. The Morgan fingerprint density at radius 3 is 2.68 bits per heavy atom. The van der Waals surface area contributed by atoms with Crippen molar-refractivity contribution in [2.45, 2.75) is 43.8 Å². The van der Waals surface area contributed by atoms with Crippen LogP contribution < -0.4 is 0 Å². The molecule has 1 fully saturated rings. The number of nitrogens with zero attached hydrogens (tertiary/aromatic N) is 2. The topological polar surface area (TPSA) is 58.3 Å². The SMILES string of the molecule is Cn1c(CC(O)C2(O)CCCC2)nc2ccccc21. The maximum atomic E-state index is 10.4. The van der Waals surface area contributed by atoms with Crippen LogP contribution in [0.3, 0.4) is 0 Å². The van der Waals surface area contributed by atoms with E-state index in [0.29, 0.717) is 19.3 Å². The molecule has 1 aromatic carbocycles. The highest BCUT2D eigenvalue weighted by Gasteiger charge is 2.38.